The maximum atomic E-state index is 11.9. The Morgan fingerprint density at radius 1 is 1.17 bits per heavy atom. The summed E-state index contributed by atoms with van der Waals surface area (Å²) in [6.45, 7) is 4.52. The van der Waals surface area contributed by atoms with Crippen LogP contribution in [0.3, 0.4) is 0 Å². The van der Waals surface area contributed by atoms with Crippen molar-refractivity contribution in [1.82, 2.24) is 15.5 Å². The lowest BCUT2D eigenvalue weighted by molar-refractivity contribution is 0.111. The molecule has 2 N–H and O–H groups in total. The molecule has 2 fully saturated rings. The van der Waals surface area contributed by atoms with Crippen molar-refractivity contribution in [3.63, 3.8) is 0 Å². The molecular formula is C18H27N3O2. The first kappa shape index (κ1) is 16.3. The molecule has 2 aliphatic rings. The van der Waals surface area contributed by atoms with Crippen LogP contribution in [0.2, 0.25) is 0 Å². The van der Waals surface area contributed by atoms with Crippen LogP contribution < -0.4 is 10.6 Å². The summed E-state index contributed by atoms with van der Waals surface area (Å²) in [7, 11) is 0. The third-order valence-corrected chi connectivity index (χ3v) is 4.69. The molecule has 0 aliphatic carbocycles. The average Bonchev–Trinajstić information content (AvgIpc) is 3.09. The van der Waals surface area contributed by atoms with E-state index in [-0.39, 0.29) is 18.2 Å². The van der Waals surface area contributed by atoms with Crippen LogP contribution >= 0.6 is 0 Å². The molecule has 3 rings (SSSR count). The Balaban J connectivity index is 1.33. The molecule has 0 saturated carbocycles. The molecule has 1 atom stereocenters. The van der Waals surface area contributed by atoms with Crippen molar-refractivity contribution in [2.45, 2.75) is 44.4 Å². The highest BCUT2D eigenvalue weighted by Gasteiger charge is 2.21. The lowest BCUT2D eigenvalue weighted by atomic mass is 10.0. The monoisotopic (exact) mass is 317 g/mol. The molecule has 2 saturated heterocycles. The molecule has 126 valence electrons. The second-order valence-electron chi connectivity index (χ2n) is 6.53. The Hall–Kier alpha value is -1.59. The number of amides is 2. The van der Waals surface area contributed by atoms with Gasteiger partial charge in [-0.25, -0.2) is 4.79 Å². The minimum atomic E-state index is -0.0537. The van der Waals surface area contributed by atoms with Crippen LogP contribution in [0, 0.1) is 0 Å². The predicted octanol–water partition coefficient (Wildman–Crippen LogP) is 2.13. The van der Waals surface area contributed by atoms with E-state index < -0.39 is 0 Å². The van der Waals surface area contributed by atoms with E-state index in [0.717, 1.165) is 51.9 Å². The number of rotatable bonds is 5. The van der Waals surface area contributed by atoms with Gasteiger partial charge in [0.1, 0.15) is 0 Å². The summed E-state index contributed by atoms with van der Waals surface area (Å²) in [5.41, 5.74) is 1.35. The van der Waals surface area contributed by atoms with Crippen molar-refractivity contribution >= 4 is 6.03 Å². The van der Waals surface area contributed by atoms with Gasteiger partial charge in [-0.05, 0) is 31.2 Å². The summed E-state index contributed by atoms with van der Waals surface area (Å²) >= 11 is 0. The number of carbonyl (C=O) groups is 1. The minimum absolute atomic E-state index is 0.0537. The highest BCUT2D eigenvalue weighted by Crippen LogP contribution is 2.14. The molecule has 5 heteroatoms. The van der Waals surface area contributed by atoms with Crippen LogP contribution in [0.5, 0.6) is 0 Å². The number of benzene rings is 1. The van der Waals surface area contributed by atoms with Crippen molar-refractivity contribution in [3.05, 3.63) is 35.9 Å². The second kappa shape index (κ2) is 8.31. The first-order valence-corrected chi connectivity index (χ1v) is 8.72. The van der Waals surface area contributed by atoms with Gasteiger partial charge < -0.3 is 15.4 Å². The largest absolute Gasteiger partial charge is 0.376 e. The van der Waals surface area contributed by atoms with Crippen LogP contribution in [-0.2, 0) is 11.3 Å². The number of hydrogen-bond acceptors (Lipinski definition) is 3. The van der Waals surface area contributed by atoms with Crippen molar-refractivity contribution < 1.29 is 9.53 Å². The molecule has 1 unspecified atom stereocenters. The normalized spacial score (nSPS) is 22.9. The topological polar surface area (TPSA) is 53.6 Å². The molecule has 1 aromatic carbocycles. The summed E-state index contributed by atoms with van der Waals surface area (Å²) in [6.07, 6.45) is 4.39. The van der Waals surface area contributed by atoms with Gasteiger partial charge in [0, 0.05) is 38.8 Å². The second-order valence-corrected chi connectivity index (χ2v) is 6.53. The number of carbonyl (C=O) groups excluding carboxylic acids is 1. The number of piperidine rings is 1. The molecule has 0 bridgehead atoms. The fourth-order valence-electron chi connectivity index (χ4n) is 3.33. The van der Waals surface area contributed by atoms with E-state index in [9.17, 15) is 4.79 Å². The van der Waals surface area contributed by atoms with Crippen molar-refractivity contribution in [2.24, 2.45) is 0 Å². The fraction of sp³-hybridized carbons (Fsp3) is 0.611. The summed E-state index contributed by atoms with van der Waals surface area (Å²) < 4.78 is 5.51. The van der Waals surface area contributed by atoms with Gasteiger partial charge in [-0.2, -0.15) is 0 Å². The van der Waals surface area contributed by atoms with Gasteiger partial charge in [0.25, 0.3) is 0 Å². The Morgan fingerprint density at radius 2 is 1.96 bits per heavy atom. The molecule has 0 spiro atoms. The standard InChI is InChI=1S/C18H27N3O2/c22-18(19-13-17-7-4-12-23-17)20-16-8-10-21(11-9-16)14-15-5-2-1-3-6-15/h1-3,5-6,16-17H,4,7-14H2,(H2,19,20,22). The van der Waals surface area contributed by atoms with Crippen molar-refractivity contribution in [1.29, 1.82) is 0 Å². The molecule has 2 aliphatic heterocycles. The van der Waals surface area contributed by atoms with Crippen molar-refractivity contribution in [2.75, 3.05) is 26.2 Å². The summed E-state index contributed by atoms with van der Waals surface area (Å²) in [6, 6.07) is 10.8. The molecule has 23 heavy (non-hydrogen) atoms. The smallest absolute Gasteiger partial charge is 0.315 e. The SMILES string of the molecule is O=C(NCC1CCCO1)NC1CCN(Cc2ccccc2)CC1. The van der Waals surface area contributed by atoms with Crippen LogP contribution in [0.4, 0.5) is 4.79 Å². The molecule has 2 heterocycles. The number of hydrogen-bond donors (Lipinski definition) is 2. The van der Waals surface area contributed by atoms with Gasteiger partial charge in [-0.1, -0.05) is 30.3 Å². The van der Waals surface area contributed by atoms with Gasteiger partial charge >= 0.3 is 6.03 Å². The lowest BCUT2D eigenvalue weighted by Crippen LogP contribution is -2.48. The Labute approximate surface area is 138 Å². The highest BCUT2D eigenvalue weighted by atomic mass is 16.5. The third-order valence-electron chi connectivity index (χ3n) is 4.69. The lowest BCUT2D eigenvalue weighted by Gasteiger charge is -2.32. The molecule has 1 aromatic rings. The zero-order valence-electron chi connectivity index (χ0n) is 13.7. The van der Waals surface area contributed by atoms with Gasteiger partial charge in [0.15, 0.2) is 0 Å². The quantitative estimate of drug-likeness (QED) is 0.875. The number of nitrogens with zero attached hydrogens (tertiary/aromatic N) is 1. The number of ether oxygens (including phenoxy) is 1. The maximum absolute atomic E-state index is 11.9. The first-order chi connectivity index (χ1) is 11.3. The van der Waals surface area contributed by atoms with E-state index >= 15 is 0 Å². The molecule has 2 amide bonds. The Bertz CT molecular complexity index is 480. The third kappa shape index (κ3) is 5.22. The molecule has 0 aromatic heterocycles. The van der Waals surface area contributed by atoms with Gasteiger partial charge in [-0.3, -0.25) is 4.90 Å². The number of likely N-dealkylation sites (tertiary alicyclic amines) is 1. The van der Waals surface area contributed by atoms with Crippen LogP contribution in [0.25, 0.3) is 0 Å². The van der Waals surface area contributed by atoms with E-state index in [2.05, 4.69) is 45.9 Å². The average molecular weight is 317 g/mol. The zero-order valence-corrected chi connectivity index (χ0v) is 13.7. The Kier molecular flexibility index (Phi) is 5.88. The summed E-state index contributed by atoms with van der Waals surface area (Å²) in [5.74, 6) is 0. The van der Waals surface area contributed by atoms with E-state index in [1.165, 1.54) is 5.56 Å². The molecular weight excluding hydrogens is 290 g/mol. The molecule has 0 radical (unpaired) electrons. The zero-order chi connectivity index (χ0) is 15.9. The summed E-state index contributed by atoms with van der Waals surface area (Å²) in [5, 5.41) is 6.03. The number of urea groups is 1. The van der Waals surface area contributed by atoms with E-state index in [0.29, 0.717) is 6.54 Å². The van der Waals surface area contributed by atoms with Crippen LogP contribution in [0.15, 0.2) is 30.3 Å². The highest BCUT2D eigenvalue weighted by molar-refractivity contribution is 5.74. The number of nitrogens with one attached hydrogen (secondary N) is 2. The van der Waals surface area contributed by atoms with E-state index in [1.54, 1.807) is 0 Å². The van der Waals surface area contributed by atoms with E-state index in [1.807, 2.05) is 0 Å². The van der Waals surface area contributed by atoms with Crippen molar-refractivity contribution in [3.8, 4) is 0 Å². The van der Waals surface area contributed by atoms with Gasteiger partial charge in [-0.15, -0.1) is 0 Å². The van der Waals surface area contributed by atoms with Crippen LogP contribution in [0.1, 0.15) is 31.2 Å². The van der Waals surface area contributed by atoms with Gasteiger partial charge in [0.05, 0.1) is 6.10 Å². The van der Waals surface area contributed by atoms with E-state index in [4.69, 9.17) is 4.74 Å². The van der Waals surface area contributed by atoms with Gasteiger partial charge in [0.2, 0.25) is 0 Å². The van der Waals surface area contributed by atoms with Crippen LogP contribution in [-0.4, -0.2) is 49.3 Å². The first-order valence-electron chi connectivity index (χ1n) is 8.72. The summed E-state index contributed by atoms with van der Waals surface area (Å²) in [4.78, 5) is 14.4. The minimum Gasteiger partial charge on any atom is -0.376 e. The predicted molar refractivity (Wildman–Crippen MR) is 90.2 cm³/mol. The maximum Gasteiger partial charge on any atom is 0.315 e. The Morgan fingerprint density at radius 3 is 2.65 bits per heavy atom. The molecule has 5 nitrogen and oxygen atoms in total. The fourth-order valence-corrected chi connectivity index (χ4v) is 3.33.